The second-order valence-electron chi connectivity index (χ2n) is 5.16. The van der Waals surface area contributed by atoms with Gasteiger partial charge in [-0.05, 0) is 33.0 Å². The third-order valence-corrected chi connectivity index (χ3v) is 4.28. The Morgan fingerprint density at radius 3 is 2.48 bits per heavy atom. The summed E-state index contributed by atoms with van der Waals surface area (Å²) in [5.41, 5.74) is 0. The first-order valence-corrected chi connectivity index (χ1v) is 8.44. The highest BCUT2D eigenvalue weighted by Gasteiger charge is 2.03. The van der Waals surface area contributed by atoms with Crippen LogP contribution in [0.2, 0.25) is 0 Å². The normalized spacial score (nSPS) is 12.0. The zero-order valence-electron chi connectivity index (χ0n) is 13.6. The number of thioether (sulfide) groups is 1. The molecule has 0 saturated heterocycles. The van der Waals surface area contributed by atoms with Crippen molar-refractivity contribution in [2.45, 2.75) is 24.8 Å². The lowest BCUT2D eigenvalue weighted by atomic mass is 10.3. The van der Waals surface area contributed by atoms with Crippen LogP contribution in [0.3, 0.4) is 0 Å². The van der Waals surface area contributed by atoms with Gasteiger partial charge in [-0.15, -0.1) is 11.8 Å². The minimum atomic E-state index is 0.573. The van der Waals surface area contributed by atoms with Crippen LogP contribution >= 0.6 is 11.8 Å². The van der Waals surface area contributed by atoms with E-state index in [1.165, 1.54) is 4.90 Å². The van der Waals surface area contributed by atoms with Crippen LogP contribution in [-0.4, -0.2) is 56.4 Å². The van der Waals surface area contributed by atoms with E-state index in [1.807, 2.05) is 24.9 Å². The standard InChI is InChI=1S/C16H28N4S/c1-14(2)20(4)12-10-18-16(17-3)19-11-13-21-15-8-6-5-7-9-15/h5-9,14H,10-13H2,1-4H3,(H2,17,18,19). The third-order valence-electron chi connectivity index (χ3n) is 3.27. The van der Waals surface area contributed by atoms with Crippen LogP contribution in [0, 0.1) is 0 Å². The Morgan fingerprint density at radius 2 is 1.86 bits per heavy atom. The molecule has 0 amide bonds. The van der Waals surface area contributed by atoms with Gasteiger partial charge in [-0.3, -0.25) is 4.99 Å². The number of aliphatic imine (C=N–C) groups is 1. The van der Waals surface area contributed by atoms with E-state index in [0.29, 0.717) is 6.04 Å². The molecule has 0 atom stereocenters. The molecule has 1 rings (SSSR count). The molecule has 118 valence electrons. The zero-order chi connectivity index (χ0) is 15.5. The molecular formula is C16H28N4S. The maximum atomic E-state index is 4.24. The summed E-state index contributed by atoms with van der Waals surface area (Å²) in [6.45, 7) is 7.22. The van der Waals surface area contributed by atoms with Crippen molar-refractivity contribution in [3.05, 3.63) is 30.3 Å². The molecule has 0 heterocycles. The molecule has 21 heavy (non-hydrogen) atoms. The van der Waals surface area contributed by atoms with Crippen molar-refractivity contribution in [3.8, 4) is 0 Å². The van der Waals surface area contributed by atoms with Gasteiger partial charge >= 0.3 is 0 Å². The van der Waals surface area contributed by atoms with Crippen molar-refractivity contribution < 1.29 is 0 Å². The summed E-state index contributed by atoms with van der Waals surface area (Å²) in [5.74, 6) is 1.90. The molecule has 2 N–H and O–H groups in total. The number of benzene rings is 1. The maximum Gasteiger partial charge on any atom is 0.191 e. The largest absolute Gasteiger partial charge is 0.356 e. The minimum Gasteiger partial charge on any atom is -0.356 e. The van der Waals surface area contributed by atoms with Crippen LogP contribution in [0.1, 0.15) is 13.8 Å². The molecule has 4 nitrogen and oxygen atoms in total. The van der Waals surface area contributed by atoms with E-state index in [9.17, 15) is 0 Å². The molecule has 1 aromatic rings. The van der Waals surface area contributed by atoms with Gasteiger partial charge < -0.3 is 15.5 Å². The van der Waals surface area contributed by atoms with Gasteiger partial charge in [0.05, 0.1) is 0 Å². The van der Waals surface area contributed by atoms with Crippen LogP contribution in [0.4, 0.5) is 0 Å². The lowest BCUT2D eigenvalue weighted by Crippen LogP contribution is -2.42. The fraction of sp³-hybridized carbons (Fsp3) is 0.562. The average molecular weight is 308 g/mol. The fourth-order valence-corrected chi connectivity index (χ4v) is 2.47. The Hall–Kier alpha value is -1.20. The summed E-state index contributed by atoms with van der Waals surface area (Å²) in [7, 11) is 3.95. The quantitative estimate of drug-likeness (QED) is 0.334. The Balaban J connectivity index is 2.14. The van der Waals surface area contributed by atoms with E-state index in [2.05, 4.69) is 65.7 Å². The summed E-state index contributed by atoms with van der Waals surface area (Å²) >= 11 is 1.85. The van der Waals surface area contributed by atoms with Crippen LogP contribution < -0.4 is 10.6 Å². The van der Waals surface area contributed by atoms with Crippen molar-refractivity contribution in [1.82, 2.24) is 15.5 Å². The van der Waals surface area contributed by atoms with Crippen LogP contribution in [0.25, 0.3) is 0 Å². The van der Waals surface area contributed by atoms with E-state index >= 15 is 0 Å². The van der Waals surface area contributed by atoms with Gasteiger partial charge in [-0.25, -0.2) is 0 Å². The van der Waals surface area contributed by atoms with Crippen LogP contribution in [-0.2, 0) is 0 Å². The molecule has 0 saturated carbocycles. The van der Waals surface area contributed by atoms with E-state index in [0.717, 1.165) is 31.3 Å². The number of rotatable bonds is 8. The Bertz CT molecular complexity index is 406. The monoisotopic (exact) mass is 308 g/mol. The Kier molecular flexibility index (Phi) is 8.94. The molecule has 0 unspecified atom stereocenters. The molecular weight excluding hydrogens is 280 g/mol. The molecule has 0 fully saturated rings. The van der Waals surface area contributed by atoms with E-state index in [4.69, 9.17) is 0 Å². The van der Waals surface area contributed by atoms with Gasteiger partial charge in [-0.1, -0.05) is 18.2 Å². The summed E-state index contributed by atoms with van der Waals surface area (Å²) < 4.78 is 0. The summed E-state index contributed by atoms with van der Waals surface area (Å²) in [6.07, 6.45) is 0. The Labute approximate surface area is 133 Å². The lowest BCUT2D eigenvalue weighted by Gasteiger charge is -2.21. The van der Waals surface area contributed by atoms with Gasteiger partial charge in [0.25, 0.3) is 0 Å². The first kappa shape index (κ1) is 17.9. The molecule has 0 aliphatic rings. The van der Waals surface area contributed by atoms with Crippen molar-refractivity contribution in [2.75, 3.05) is 39.5 Å². The first-order valence-electron chi connectivity index (χ1n) is 7.46. The summed E-state index contributed by atoms with van der Waals surface area (Å²) in [6, 6.07) is 11.0. The smallest absolute Gasteiger partial charge is 0.191 e. The van der Waals surface area contributed by atoms with Gasteiger partial charge in [0.2, 0.25) is 0 Å². The fourth-order valence-electron chi connectivity index (χ4n) is 1.68. The van der Waals surface area contributed by atoms with E-state index in [-0.39, 0.29) is 0 Å². The molecule has 0 spiro atoms. The maximum absolute atomic E-state index is 4.24. The summed E-state index contributed by atoms with van der Waals surface area (Å²) in [5, 5.41) is 6.68. The van der Waals surface area contributed by atoms with Crippen molar-refractivity contribution in [3.63, 3.8) is 0 Å². The number of nitrogens with one attached hydrogen (secondary N) is 2. The van der Waals surface area contributed by atoms with Crippen molar-refractivity contribution in [2.24, 2.45) is 4.99 Å². The molecule has 0 radical (unpaired) electrons. The van der Waals surface area contributed by atoms with Crippen LogP contribution in [0.5, 0.6) is 0 Å². The highest BCUT2D eigenvalue weighted by Crippen LogP contribution is 2.15. The van der Waals surface area contributed by atoms with E-state index < -0.39 is 0 Å². The molecule has 0 bridgehead atoms. The number of likely N-dealkylation sites (N-methyl/N-ethyl adjacent to an activating group) is 1. The number of hydrogen-bond acceptors (Lipinski definition) is 3. The summed E-state index contributed by atoms with van der Waals surface area (Å²) in [4.78, 5) is 7.86. The van der Waals surface area contributed by atoms with Gasteiger partial charge in [0.1, 0.15) is 0 Å². The first-order chi connectivity index (χ1) is 10.1. The highest BCUT2D eigenvalue weighted by molar-refractivity contribution is 7.99. The predicted octanol–water partition coefficient (Wildman–Crippen LogP) is 2.28. The SMILES string of the molecule is CN=C(NCCSc1ccccc1)NCCN(C)C(C)C. The van der Waals surface area contributed by atoms with Gasteiger partial charge in [0, 0.05) is 43.4 Å². The highest BCUT2D eigenvalue weighted by atomic mass is 32.2. The molecule has 0 aromatic heterocycles. The Morgan fingerprint density at radius 1 is 1.19 bits per heavy atom. The second kappa shape index (κ2) is 10.5. The minimum absolute atomic E-state index is 0.573. The van der Waals surface area contributed by atoms with E-state index in [1.54, 1.807) is 0 Å². The zero-order valence-corrected chi connectivity index (χ0v) is 14.4. The number of guanidine groups is 1. The average Bonchev–Trinajstić information content (AvgIpc) is 2.50. The molecule has 5 heteroatoms. The van der Waals surface area contributed by atoms with Crippen molar-refractivity contribution >= 4 is 17.7 Å². The second-order valence-corrected chi connectivity index (χ2v) is 6.33. The topological polar surface area (TPSA) is 39.7 Å². The molecule has 0 aliphatic carbocycles. The van der Waals surface area contributed by atoms with Crippen LogP contribution in [0.15, 0.2) is 40.2 Å². The van der Waals surface area contributed by atoms with Crippen molar-refractivity contribution in [1.29, 1.82) is 0 Å². The number of hydrogen-bond donors (Lipinski definition) is 2. The van der Waals surface area contributed by atoms with Gasteiger partial charge in [-0.2, -0.15) is 0 Å². The molecule has 0 aliphatic heterocycles. The third kappa shape index (κ3) is 7.97. The molecule has 1 aromatic carbocycles. The number of nitrogens with zero attached hydrogens (tertiary/aromatic N) is 2. The van der Waals surface area contributed by atoms with Gasteiger partial charge in [0.15, 0.2) is 5.96 Å². The lowest BCUT2D eigenvalue weighted by molar-refractivity contribution is 0.278. The predicted molar refractivity (Wildman–Crippen MR) is 94.3 cm³/mol.